The molecule has 2 aromatic carbocycles. The first-order valence-electron chi connectivity index (χ1n) is 9.28. The molecule has 1 N–H and O–H groups in total. The van der Waals surface area contributed by atoms with Crippen molar-refractivity contribution in [3.05, 3.63) is 71.7 Å². The van der Waals surface area contributed by atoms with Crippen molar-refractivity contribution in [2.24, 2.45) is 0 Å². The van der Waals surface area contributed by atoms with Crippen molar-refractivity contribution in [1.29, 1.82) is 0 Å². The van der Waals surface area contributed by atoms with Crippen molar-refractivity contribution in [3.8, 4) is 17.0 Å². The van der Waals surface area contributed by atoms with Crippen LogP contribution in [-0.4, -0.2) is 34.7 Å². The normalized spacial score (nSPS) is 11.3. The van der Waals surface area contributed by atoms with Gasteiger partial charge in [0.1, 0.15) is 5.75 Å². The lowest BCUT2D eigenvalue weighted by molar-refractivity contribution is -0.139. The highest BCUT2D eigenvalue weighted by atomic mass is 19.4. The predicted octanol–water partition coefficient (Wildman–Crippen LogP) is 4.57. The highest BCUT2D eigenvalue weighted by Crippen LogP contribution is 2.30. The fourth-order valence-corrected chi connectivity index (χ4v) is 2.92. The number of aromatic nitrogens is 2. The lowest BCUT2D eigenvalue weighted by Crippen LogP contribution is -2.17. The van der Waals surface area contributed by atoms with Gasteiger partial charge in [0.15, 0.2) is 6.61 Å². The maximum atomic E-state index is 12.7. The minimum Gasteiger partial charge on any atom is -0.482 e. The highest BCUT2D eigenvalue weighted by Gasteiger charge is 2.30. The summed E-state index contributed by atoms with van der Waals surface area (Å²) in [6.45, 7) is 1.87. The highest BCUT2D eigenvalue weighted by molar-refractivity contribution is 5.68. The number of carbonyl (C=O) groups is 1. The Morgan fingerprint density at radius 1 is 1.10 bits per heavy atom. The van der Waals surface area contributed by atoms with Gasteiger partial charge in [0.05, 0.1) is 35.9 Å². The van der Waals surface area contributed by atoms with Crippen molar-refractivity contribution >= 4 is 11.7 Å². The second kappa shape index (κ2) is 9.03. The summed E-state index contributed by atoms with van der Waals surface area (Å²) in [5.74, 6) is -0.542. The molecule has 0 saturated heterocycles. The van der Waals surface area contributed by atoms with E-state index >= 15 is 0 Å². The first-order valence-corrected chi connectivity index (χ1v) is 9.28. The Bertz CT molecular complexity index is 1050. The molecule has 6 nitrogen and oxygen atoms in total. The van der Waals surface area contributed by atoms with E-state index in [2.05, 4.69) is 9.97 Å². The number of hydrogen-bond acceptors (Lipinski definition) is 5. The van der Waals surface area contributed by atoms with E-state index < -0.39 is 24.3 Å². The van der Waals surface area contributed by atoms with Gasteiger partial charge in [-0.05, 0) is 42.8 Å². The number of nitrogens with zero attached hydrogens (tertiary/aromatic N) is 3. The maximum absolute atomic E-state index is 12.7. The molecule has 0 aliphatic carbocycles. The number of benzene rings is 2. The summed E-state index contributed by atoms with van der Waals surface area (Å²) in [5.41, 5.74) is 2.69. The van der Waals surface area contributed by atoms with Crippen LogP contribution < -0.4 is 9.64 Å². The predicted molar refractivity (Wildman–Crippen MR) is 109 cm³/mol. The van der Waals surface area contributed by atoms with Gasteiger partial charge in [-0.3, -0.25) is 9.97 Å². The van der Waals surface area contributed by atoms with Gasteiger partial charge >= 0.3 is 12.1 Å². The number of carboxylic acid groups (broad SMARTS) is 1. The second-order valence-electron chi connectivity index (χ2n) is 6.96. The van der Waals surface area contributed by atoms with Crippen LogP contribution in [0.2, 0.25) is 0 Å². The van der Waals surface area contributed by atoms with Crippen molar-refractivity contribution in [1.82, 2.24) is 9.97 Å². The van der Waals surface area contributed by atoms with Gasteiger partial charge in [-0.15, -0.1) is 0 Å². The van der Waals surface area contributed by atoms with E-state index in [1.165, 1.54) is 18.3 Å². The minimum atomic E-state index is -4.38. The zero-order valence-corrected chi connectivity index (χ0v) is 16.8. The lowest BCUT2D eigenvalue weighted by atomic mass is 10.1. The molecule has 0 spiro atoms. The fourth-order valence-electron chi connectivity index (χ4n) is 2.92. The van der Waals surface area contributed by atoms with Gasteiger partial charge in [0.2, 0.25) is 0 Å². The van der Waals surface area contributed by atoms with Crippen LogP contribution in [0.1, 0.15) is 16.8 Å². The largest absolute Gasteiger partial charge is 0.482 e. The smallest absolute Gasteiger partial charge is 0.416 e. The Hall–Kier alpha value is -3.62. The number of hydrogen-bond donors (Lipinski definition) is 1. The standard InChI is InChI=1S/C22H20F3N3O3/c1-14-9-18(7-8-20(14)31-13-21(29)30)28(2)12-17-10-27-19(11-26-17)15-3-5-16(6-4-15)22(23,24)25/h3-11H,12-13H2,1-2H3,(H,29,30). The van der Waals surface area contributed by atoms with Crippen LogP contribution in [0.5, 0.6) is 5.75 Å². The molecule has 0 aliphatic heterocycles. The molecule has 1 aromatic heterocycles. The van der Waals surface area contributed by atoms with Gasteiger partial charge < -0.3 is 14.7 Å². The van der Waals surface area contributed by atoms with Crippen molar-refractivity contribution in [3.63, 3.8) is 0 Å². The van der Waals surface area contributed by atoms with Gasteiger partial charge in [-0.2, -0.15) is 13.2 Å². The van der Waals surface area contributed by atoms with Crippen LogP contribution >= 0.6 is 0 Å². The zero-order chi connectivity index (χ0) is 22.6. The zero-order valence-electron chi connectivity index (χ0n) is 16.8. The van der Waals surface area contributed by atoms with Crippen LogP contribution in [-0.2, 0) is 17.5 Å². The number of rotatable bonds is 7. The molecule has 0 aliphatic rings. The molecule has 31 heavy (non-hydrogen) atoms. The Morgan fingerprint density at radius 3 is 2.35 bits per heavy atom. The van der Waals surface area contributed by atoms with Gasteiger partial charge in [-0.25, -0.2) is 4.79 Å². The molecular formula is C22H20F3N3O3. The summed E-state index contributed by atoms with van der Waals surface area (Å²) in [6, 6.07) is 10.2. The van der Waals surface area contributed by atoms with Crippen molar-refractivity contribution < 1.29 is 27.8 Å². The van der Waals surface area contributed by atoms with Gasteiger partial charge in [-0.1, -0.05) is 12.1 Å². The van der Waals surface area contributed by atoms with Crippen molar-refractivity contribution in [2.75, 3.05) is 18.6 Å². The fraction of sp³-hybridized carbons (Fsp3) is 0.227. The number of carboxylic acids is 1. The number of alkyl halides is 3. The lowest BCUT2D eigenvalue weighted by Gasteiger charge is -2.20. The third kappa shape index (κ3) is 5.71. The third-order valence-corrected chi connectivity index (χ3v) is 4.56. The molecule has 0 amide bonds. The number of halogens is 3. The number of aliphatic carboxylic acids is 1. The number of anilines is 1. The molecule has 162 valence electrons. The van der Waals surface area contributed by atoms with Crippen LogP contribution in [0.25, 0.3) is 11.3 Å². The number of aryl methyl sites for hydroxylation is 1. The summed E-state index contributed by atoms with van der Waals surface area (Å²) in [5, 5.41) is 8.72. The average molecular weight is 431 g/mol. The second-order valence-corrected chi connectivity index (χ2v) is 6.96. The summed E-state index contributed by atoms with van der Waals surface area (Å²) < 4.78 is 43.3. The Labute approximate surface area is 177 Å². The van der Waals surface area contributed by atoms with E-state index in [4.69, 9.17) is 9.84 Å². The Balaban J connectivity index is 1.66. The van der Waals surface area contributed by atoms with E-state index in [9.17, 15) is 18.0 Å². The summed E-state index contributed by atoms with van der Waals surface area (Å²) in [7, 11) is 1.87. The third-order valence-electron chi connectivity index (χ3n) is 4.56. The quantitative estimate of drug-likeness (QED) is 0.591. The molecule has 1 heterocycles. The molecule has 0 bridgehead atoms. The summed E-state index contributed by atoms with van der Waals surface area (Å²) >= 11 is 0. The van der Waals surface area contributed by atoms with E-state index in [-0.39, 0.29) is 0 Å². The molecule has 3 rings (SSSR count). The first kappa shape index (κ1) is 22.1. The van der Waals surface area contributed by atoms with E-state index in [1.54, 1.807) is 12.3 Å². The molecule has 3 aromatic rings. The molecule has 0 radical (unpaired) electrons. The molecule has 0 saturated carbocycles. The van der Waals surface area contributed by atoms with Gasteiger partial charge in [0.25, 0.3) is 0 Å². The molecule has 0 atom stereocenters. The Kier molecular flexibility index (Phi) is 6.43. The number of ether oxygens (including phenoxy) is 1. The van der Waals surface area contributed by atoms with E-state index in [1.807, 2.05) is 31.0 Å². The molecule has 9 heteroatoms. The molecular weight excluding hydrogens is 411 g/mol. The molecule has 0 unspecified atom stereocenters. The van der Waals surface area contributed by atoms with Crippen LogP contribution in [0, 0.1) is 6.92 Å². The first-order chi connectivity index (χ1) is 14.6. The molecule has 0 fully saturated rings. The minimum absolute atomic E-state index is 0.406. The van der Waals surface area contributed by atoms with Crippen LogP contribution in [0.4, 0.5) is 18.9 Å². The SMILES string of the molecule is Cc1cc(N(C)Cc2cnc(-c3ccc(C(F)(F)F)cc3)cn2)ccc1OCC(=O)O. The average Bonchev–Trinajstić information content (AvgIpc) is 2.72. The van der Waals surface area contributed by atoms with Crippen molar-refractivity contribution in [2.45, 2.75) is 19.6 Å². The van der Waals surface area contributed by atoms with Crippen LogP contribution in [0.15, 0.2) is 54.9 Å². The van der Waals surface area contributed by atoms with E-state index in [0.717, 1.165) is 23.4 Å². The van der Waals surface area contributed by atoms with Crippen LogP contribution in [0.3, 0.4) is 0 Å². The summed E-state index contributed by atoms with van der Waals surface area (Å²) in [6.07, 6.45) is -1.27. The van der Waals surface area contributed by atoms with Gasteiger partial charge in [0, 0.05) is 18.3 Å². The topological polar surface area (TPSA) is 75.5 Å². The summed E-state index contributed by atoms with van der Waals surface area (Å²) in [4.78, 5) is 21.3. The monoisotopic (exact) mass is 431 g/mol. The Morgan fingerprint density at radius 2 is 1.81 bits per heavy atom. The van der Waals surface area contributed by atoms with E-state index in [0.29, 0.717) is 29.2 Å². The maximum Gasteiger partial charge on any atom is 0.416 e.